The second-order valence-corrected chi connectivity index (χ2v) is 9.80. The van der Waals surface area contributed by atoms with Crippen LogP contribution in [-0.4, -0.2) is 36.2 Å². The van der Waals surface area contributed by atoms with E-state index in [0.717, 1.165) is 35.4 Å². The Balaban J connectivity index is 1.63. The maximum atomic E-state index is 12.3. The second kappa shape index (κ2) is 12.6. The molecule has 0 N–H and O–H groups in total. The highest BCUT2D eigenvalue weighted by Crippen LogP contribution is 2.29. The molecule has 4 aromatic rings. The summed E-state index contributed by atoms with van der Waals surface area (Å²) in [5.74, 6) is 0.639. The van der Waals surface area contributed by atoms with Crippen LogP contribution in [0.3, 0.4) is 0 Å². The zero-order valence-corrected chi connectivity index (χ0v) is 22.7. The molecule has 1 heterocycles. The van der Waals surface area contributed by atoms with Crippen molar-refractivity contribution < 1.29 is 9.53 Å². The van der Waals surface area contributed by atoms with Gasteiger partial charge in [-0.15, -0.1) is 0 Å². The highest BCUT2D eigenvalue weighted by molar-refractivity contribution is 5.94. The molecule has 0 unspecified atom stereocenters. The summed E-state index contributed by atoms with van der Waals surface area (Å²) in [7, 11) is 4.10. The Morgan fingerprint density at radius 3 is 2.08 bits per heavy atom. The van der Waals surface area contributed by atoms with Gasteiger partial charge in [0.05, 0.1) is 23.2 Å². The molecule has 0 amide bonds. The molecule has 37 heavy (non-hydrogen) atoms. The Hall–Kier alpha value is -3.60. The van der Waals surface area contributed by atoms with Crippen molar-refractivity contribution in [3.63, 3.8) is 0 Å². The first-order chi connectivity index (χ1) is 18.0. The molecule has 0 bridgehead atoms. The van der Waals surface area contributed by atoms with Crippen LogP contribution in [0.2, 0.25) is 0 Å². The molecule has 0 spiro atoms. The van der Waals surface area contributed by atoms with Crippen LogP contribution in [0, 0.1) is 0 Å². The number of imidazole rings is 1. The first kappa shape index (κ1) is 26.5. The Bertz CT molecular complexity index is 1300. The van der Waals surface area contributed by atoms with E-state index < -0.39 is 0 Å². The van der Waals surface area contributed by atoms with Gasteiger partial charge in [-0.2, -0.15) is 0 Å². The minimum Gasteiger partial charge on any atom is -0.462 e. The fourth-order valence-corrected chi connectivity index (χ4v) is 4.73. The molecular weight excluding hydrogens is 458 g/mol. The number of hydrogen-bond acceptors (Lipinski definition) is 4. The molecule has 194 valence electrons. The quantitative estimate of drug-likeness (QED) is 0.147. The van der Waals surface area contributed by atoms with E-state index >= 15 is 0 Å². The number of anilines is 1. The number of esters is 1. The number of nitrogens with zero attached hydrogens (tertiary/aromatic N) is 3. The number of carbonyl (C=O) groups excluding carboxylic acids is 1. The van der Waals surface area contributed by atoms with Gasteiger partial charge in [0.1, 0.15) is 5.82 Å². The van der Waals surface area contributed by atoms with Crippen LogP contribution in [0.4, 0.5) is 5.69 Å². The topological polar surface area (TPSA) is 47.4 Å². The van der Waals surface area contributed by atoms with Gasteiger partial charge in [0.2, 0.25) is 0 Å². The lowest BCUT2D eigenvalue weighted by Gasteiger charge is -2.13. The van der Waals surface area contributed by atoms with Crippen molar-refractivity contribution in [1.29, 1.82) is 0 Å². The van der Waals surface area contributed by atoms with Gasteiger partial charge < -0.3 is 14.2 Å². The molecule has 0 radical (unpaired) electrons. The highest BCUT2D eigenvalue weighted by Gasteiger charge is 2.16. The summed E-state index contributed by atoms with van der Waals surface area (Å²) in [6, 6.07) is 23.0. The molecule has 1 aromatic heterocycles. The average molecular weight is 498 g/mol. The lowest BCUT2D eigenvalue weighted by Crippen LogP contribution is -2.07. The largest absolute Gasteiger partial charge is 0.462 e. The zero-order valence-electron chi connectivity index (χ0n) is 22.7. The van der Waals surface area contributed by atoms with Crippen molar-refractivity contribution in [3.05, 3.63) is 72.3 Å². The van der Waals surface area contributed by atoms with E-state index in [9.17, 15) is 4.79 Å². The van der Waals surface area contributed by atoms with Gasteiger partial charge in [-0.05, 0) is 54.8 Å². The van der Waals surface area contributed by atoms with Gasteiger partial charge in [0, 0.05) is 31.9 Å². The maximum absolute atomic E-state index is 12.3. The average Bonchev–Trinajstić information content (AvgIpc) is 3.28. The molecule has 0 aliphatic carbocycles. The lowest BCUT2D eigenvalue weighted by atomic mass is 10.0. The summed E-state index contributed by atoms with van der Waals surface area (Å²) in [6.07, 6.45) is 7.45. The molecule has 0 aliphatic rings. The molecule has 5 nitrogen and oxygen atoms in total. The first-order valence-electron chi connectivity index (χ1n) is 13.6. The summed E-state index contributed by atoms with van der Waals surface area (Å²) in [6.45, 7) is 5.34. The normalized spacial score (nSPS) is 11.1. The van der Waals surface area contributed by atoms with Gasteiger partial charge >= 0.3 is 5.97 Å². The number of aromatic nitrogens is 2. The van der Waals surface area contributed by atoms with E-state index in [4.69, 9.17) is 9.72 Å². The predicted octanol–water partition coefficient (Wildman–Crippen LogP) is 7.97. The third-order valence-corrected chi connectivity index (χ3v) is 6.85. The van der Waals surface area contributed by atoms with Gasteiger partial charge in [-0.3, -0.25) is 0 Å². The number of ether oxygens (including phenoxy) is 1. The van der Waals surface area contributed by atoms with Crippen molar-refractivity contribution in [2.24, 2.45) is 0 Å². The van der Waals surface area contributed by atoms with Crippen LogP contribution >= 0.6 is 0 Å². The summed E-state index contributed by atoms with van der Waals surface area (Å²) in [5.41, 5.74) is 7.06. The van der Waals surface area contributed by atoms with E-state index in [1.807, 2.05) is 25.1 Å². The third-order valence-electron chi connectivity index (χ3n) is 6.85. The van der Waals surface area contributed by atoms with Crippen molar-refractivity contribution in [1.82, 2.24) is 9.55 Å². The Morgan fingerprint density at radius 1 is 0.811 bits per heavy atom. The monoisotopic (exact) mass is 497 g/mol. The summed E-state index contributed by atoms with van der Waals surface area (Å²) in [4.78, 5) is 19.4. The van der Waals surface area contributed by atoms with E-state index in [1.54, 1.807) is 0 Å². The maximum Gasteiger partial charge on any atom is 0.338 e. The second-order valence-electron chi connectivity index (χ2n) is 9.80. The van der Waals surface area contributed by atoms with Gasteiger partial charge in [0.15, 0.2) is 0 Å². The predicted molar refractivity (Wildman–Crippen MR) is 154 cm³/mol. The van der Waals surface area contributed by atoms with Crippen LogP contribution in [0.15, 0.2) is 66.7 Å². The first-order valence-corrected chi connectivity index (χ1v) is 13.6. The number of unbranched alkanes of at least 4 members (excludes halogenated alkanes) is 5. The van der Waals surface area contributed by atoms with E-state index in [0.29, 0.717) is 12.2 Å². The van der Waals surface area contributed by atoms with E-state index in [-0.39, 0.29) is 5.97 Å². The van der Waals surface area contributed by atoms with Crippen LogP contribution in [0.1, 0.15) is 62.7 Å². The molecular formula is C32H39N3O2. The molecule has 5 heteroatoms. The van der Waals surface area contributed by atoms with Gasteiger partial charge in [-0.1, -0.05) is 75.4 Å². The van der Waals surface area contributed by atoms with Crippen molar-refractivity contribution in [3.8, 4) is 22.5 Å². The number of hydrogen-bond donors (Lipinski definition) is 0. The number of rotatable bonds is 12. The van der Waals surface area contributed by atoms with Crippen LogP contribution < -0.4 is 4.90 Å². The molecule has 0 saturated carbocycles. The standard InChI is InChI=1S/C32H39N3O2/c1-5-7-8-9-10-11-22-35-30-21-18-27(32(36)37-6-2)23-29(30)33-31(35)26-14-12-24(13-15-26)25-16-19-28(20-17-25)34(3)4/h12-21,23H,5-11,22H2,1-4H3. The lowest BCUT2D eigenvalue weighted by molar-refractivity contribution is 0.0526. The van der Waals surface area contributed by atoms with Crippen LogP contribution in [-0.2, 0) is 11.3 Å². The number of benzene rings is 3. The molecule has 4 rings (SSSR count). The fourth-order valence-electron chi connectivity index (χ4n) is 4.73. The minimum atomic E-state index is -0.305. The number of carbonyl (C=O) groups is 1. The molecule has 0 fully saturated rings. The Labute approximate surface area is 221 Å². The minimum absolute atomic E-state index is 0.305. The Morgan fingerprint density at radius 2 is 1.43 bits per heavy atom. The molecule has 0 aliphatic heterocycles. The van der Waals surface area contributed by atoms with Gasteiger partial charge in [-0.25, -0.2) is 9.78 Å². The molecule has 0 atom stereocenters. The number of aryl methyl sites for hydroxylation is 1. The van der Waals surface area contributed by atoms with Crippen molar-refractivity contribution in [2.45, 2.75) is 58.9 Å². The molecule has 0 saturated heterocycles. The van der Waals surface area contributed by atoms with E-state index in [1.165, 1.54) is 48.9 Å². The highest BCUT2D eigenvalue weighted by atomic mass is 16.5. The smallest absolute Gasteiger partial charge is 0.338 e. The van der Waals surface area contributed by atoms with Crippen molar-refractivity contribution in [2.75, 3.05) is 25.6 Å². The summed E-state index contributed by atoms with van der Waals surface area (Å²) in [5, 5.41) is 0. The fraction of sp³-hybridized carbons (Fsp3) is 0.375. The SMILES string of the molecule is CCCCCCCCn1c(-c2ccc(-c3ccc(N(C)C)cc3)cc2)nc2cc(C(=O)OCC)ccc21. The molecule has 3 aromatic carbocycles. The number of fused-ring (bicyclic) bond motifs is 1. The van der Waals surface area contributed by atoms with Crippen LogP contribution in [0.25, 0.3) is 33.5 Å². The van der Waals surface area contributed by atoms with E-state index in [2.05, 4.69) is 79.0 Å². The Kier molecular flexibility index (Phi) is 8.99. The zero-order chi connectivity index (χ0) is 26.2. The third kappa shape index (κ3) is 6.40. The van der Waals surface area contributed by atoms with Crippen LogP contribution in [0.5, 0.6) is 0 Å². The van der Waals surface area contributed by atoms with Crippen molar-refractivity contribution >= 4 is 22.7 Å². The van der Waals surface area contributed by atoms with Gasteiger partial charge in [0.25, 0.3) is 0 Å². The summed E-state index contributed by atoms with van der Waals surface area (Å²) >= 11 is 0. The summed E-state index contributed by atoms with van der Waals surface area (Å²) < 4.78 is 7.52.